The van der Waals surface area contributed by atoms with Gasteiger partial charge in [0.2, 0.25) is 70.9 Å². The van der Waals surface area contributed by atoms with E-state index in [2.05, 4.69) is 92.7 Å². The fourth-order valence-electron chi connectivity index (χ4n) is 15.1. The second-order valence-electron chi connectivity index (χ2n) is 32.5. The number of H-pyrrole nitrogens is 1. The van der Waals surface area contributed by atoms with Crippen LogP contribution in [0.15, 0.2) is 113 Å². The number of carbonyl (C=O) groups is 13. The molecule has 2 saturated heterocycles. The third-order valence-corrected chi connectivity index (χ3v) is 22.8. The maximum Gasteiger partial charge on any atom is 0.264 e. The number of para-hydroxylation sites is 1. The number of aromatic nitrogens is 1. The zero-order valence-corrected chi connectivity index (χ0v) is 74.3. The number of nitrogens with two attached hydrogens (primary N) is 5. The average Bonchev–Trinajstić information content (AvgIpc) is 1.73. The Morgan fingerprint density at radius 2 is 1.05 bits per heavy atom. The molecule has 22 N–H and O–H groups in total. The molecule has 0 aliphatic carbocycles. The number of amides is 13. The van der Waals surface area contributed by atoms with Crippen molar-refractivity contribution in [1.82, 2.24) is 73.4 Å². The monoisotopic (exact) mass is 1750 g/mol. The lowest BCUT2D eigenvalue weighted by molar-refractivity contribution is -0.143. The Hall–Kier alpha value is -10.9. The lowest BCUT2D eigenvalue weighted by Gasteiger charge is -2.32. The van der Waals surface area contributed by atoms with Crippen molar-refractivity contribution in [3.8, 4) is 0 Å². The molecule has 0 unspecified atom stereocenters. The fraction of sp³-hybridized carbons (Fsp3) is 0.589. The number of hydrazone groups is 1. The van der Waals surface area contributed by atoms with Crippen LogP contribution in [0.3, 0.4) is 0 Å². The van der Waals surface area contributed by atoms with Crippen LogP contribution in [0.2, 0.25) is 0 Å². The lowest BCUT2D eigenvalue weighted by atomic mass is 10.00. The summed E-state index contributed by atoms with van der Waals surface area (Å²) in [6.45, 7) is 7.00. The molecule has 10 atom stereocenters. The SMILES string of the molecule is CCCCCC/C=C\CCCCCCCC(=O)NCCCNC(=O)/C=N/NCC(=O)NCCCC[C@H](NC(=O)[C@@H](NC(=O)[C@@H]1CCCN1C(=O)[C@H](CCCCN)NC(=O)[C@H](Cc1ccccc1)NC(=O)[C@@H](Cc1c[nH]c2ccccc12)NC(=O)[C@H](CCCN=C(N)N)NC(=O)[C@@H](Cc1ccccc1)NC(=O)[C@@H]1CCCN1C(=O)[C@@H](N)CCSC)C(C)C)C(N)=O. The van der Waals surface area contributed by atoms with Gasteiger partial charge in [0.1, 0.15) is 67.1 Å². The van der Waals surface area contributed by atoms with Crippen molar-refractivity contribution in [3.05, 3.63) is 120 Å². The topological polar surface area (TPSA) is 531 Å². The summed E-state index contributed by atoms with van der Waals surface area (Å²) in [6, 6.07) is 13.0. The van der Waals surface area contributed by atoms with E-state index in [9.17, 15) is 43.2 Å². The Labute approximate surface area is 740 Å². The number of primary amides is 1. The second-order valence-corrected chi connectivity index (χ2v) is 33.5. The molecule has 2 fully saturated rings. The highest BCUT2D eigenvalue weighted by Crippen LogP contribution is 2.25. The number of nitrogens with zero attached hydrogens (tertiary/aromatic N) is 4. The molecule has 125 heavy (non-hydrogen) atoms. The number of unbranched alkanes of at least 4 members (excludes halogenated alkanes) is 11. The van der Waals surface area contributed by atoms with E-state index >= 15 is 19.2 Å². The third kappa shape index (κ3) is 38.2. The molecular formula is C90H139N21O13S. The molecule has 0 spiro atoms. The van der Waals surface area contributed by atoms with E-state index < -0.39 is 131 Å². The molecule has 688 valence electrons. The predicted molar refractivity (Wildman–Crippen MR) is 487 cm³/mol. The third-order valence-electron chi connectivity index (χ3n) is 22.1. The van der Waals surface area contributed by atoms with Gasteiger partial charge in [0.25, 0.3) is 5.91 Å². The van der Waals surface area contributed by atoms with E-state index in [0.717, 1.165) is 55.6 Å². The van der Waals surface area contributed by atoms with Gasteiger partial charge < -0.3 is 102 Å². The summed E-state index contributed by atoms with van der Waals surface area (Å²) in [4.78, 5) is 193. The minimum Gasteiger partial charge on any atom is -0.370 e. The van der Waals surface area contributed by atoms with Crippen LogP contribution in [0.5, 0.6) is 0 Å². The number of nitrogens with one attached hydrogen (secondary N) is 12. The number of guanidine groups is 1. The maximum atomic E-state index is 15.5. The van der Waals surface area contributed by atoms with Crippen molar-refractivity contribution in [1.29, 1.82) is 0 Å². The summed E-state index contributed by atoms with van der Waals surface area (Å²) in [5.74, 6) is -7.96. The number of fused-ring (bicyclic) bond motifs is 1. The van der Waals surface area contributed by atoms with Gasteiger partial charge in [0, 0.05) is 82.1 Å². The standard InChI is InChI=1S/C90H139N21O13S/c1-5-6-7-8-9-10-11-12-13-14-15-16-23-45-76(112)96-50-33-51-98-78(114)60-102-101-59-77(113)97-48-29-27-40-68(80(93)115)103-87(122)79(61(2)3)109-86(121)75-44-32-53-111(75)89(124)70(41-26-28-47-91)105-83(118)71(55-62-34-19-17-20-35-62)106-84(119)73(57-64-58-100-67-39-25-24-38-65(64)67)107-81(116)69(42-30-49-99-90(94)95)104-82(117)72(56-63-36-21-18-22-37-63)108-85(120)74-43-31-52-110(74)88(123)66(92)46-54-125-4/h10-11,17-22,24-25,34-39,58,60-61,66,68-75,79,100-101H,5-9,12-16,23,26-33,40-57,59,91-92H2,1-4H3,(H2,93,115)(H,96,112)(H,97,113)(H,98,114)(H,103,122)(H,104,117)(H,105,118)(H,106,119)(H,107,116)(H,108,120)(H,109,121)(H4,94,95,99)/b11-10-,102-60+/t66-,68-,69-,70-,71-,72+,73+,74-,75-,79-/m0/s1. The van der Waals surface area contributed by atoms with Gasteiger partial charge in [-0.05, 0) is 169 Å². The fourth-order valence-corrected chi connectivity index (χ4v) is 15.6. The van der Waals surface area contributed by atoms with Crippen molar-refractivity contribution in [2.45, 2.75) is 267 Å². The Morgan fingerprint density at radius 3 is 1.67 bits per heavy atom. The maximum absolute atomic E-state index is 15.5. The van der Waals surface area contributed by atoms with Gasteiger partial charge in [0.05, 0.1) is 6.04 Å². The quantitative estimate of drug-likeness (QED) is 0.00984. The highest BCUT2D eigenvalue weighted by Gasteiger charge is 2.42. The Kier molecular flexibility index (Phi) is 48.0. The molecule has 0 bridgehead atoms. The smallest absolute Gasteiger partial charge is 0.264 e. The summed E-state index contributed by atoms with van der Waals surface area (Å²) in [6.07, 6.45) is 26.2. The van der Waals surface area contributed by atoms with Crippen LogP contribution in [-0.2, 0) is 81.6 Å². The molecule has 35 heteroatoms. The van der Waals surface area contributed by atoms with E-state index in [0.29, 0.717) is 106 Å². The largest absolute Gasteiger partial charge is 0.370 e. The predicted octanol–water partition coefficient (Wildman–Crippen LogP) is 3.72. The normalized spacial score (nSPS) is 15.7. The number of benzene rings is 3. The highest BCUT2D eigenvalue weighted by atomic mass is 32.2. The van der Waals surface area contributed by atoms with Crippen molar-refractivity contribution < 1.29 is 62.3 Å². The summed E-state index contributed by atoms with van der Waals surface area (Å²) in [5.41, 5.74) is 34.7. The van der Waals surface area contributed by atoms with Gasteiger partial charge in [-0.25, -0.2) is 0 Å². The van der Waals surface area contributed by atoms with Gasteiger partial charge in [0.15, 0.2) is 5.96 Å². The van der Waals surface area contributed by atoms with Crippen LogP contribution < -0.4 is 87.3 Å². The Balaban J connectivity index is 1.06. The summed E-state index contributed by atoms with van der Waals surface area (Å²) >= 11 is 1.54. The van der Waals surface area contributed by atoms with Crippen molar-refractivity contribution >= 4 is 112 Å². The lowest BCUT2D eigenvalue weighted by Crippen LogP contribution is -2.61. The zero-order valence-electron chi connectivity index (χ0n) is 73.5. The first-order valence-corrected chi connectivity index (χ1v) is 46.1. The van der Waals surface area contributed by atoms with Gasteiger partial charge in [-0.2, -0.15) is 16.9 Å². The Bertz CT molecular complexity index is 4130. The van der Waals surface area contributed by atoms with E-state index in [4.69, 9.17) is 28.7 Å². The van der Waals surface area contributed by atoms with E-state index in [-0.39, 0.29) is 102 Å². The van der Waals surface area contributed by atoms with Gasteiger partial charge in [-0.1, -0.05) is 150 Å². The average molecular weight is 1760 g/mol. The number of allylic oxidation sites excluding steroid dienone is 2. The number of aliphatic imine (C=N–C) groups is 1. The molecule has 1 aromatic heterocycles. The van der Waals surface area contributed by atoms with Gasteiger partial charge >= 0.3 is 0 Å². The van der Waals surface area contributed by atoms with E-state index in [1.165, 1.54) is 41.9 Å². The minimum absolute atomic E-state index is 0.00914. The van der Waals surface area contributed by atoms with Crippen molar-refractivity contribution in [3.63, 3.8) is 0 Å². The van der Waals surface area contributed by atoms with E-state index in [1.54, 1.807) is 92.5 Å². The molecule has 4 aromatic rings. The number of aromatic amines is 1. The number of rotatable bonds is 61. The molecule has 0 radical (unpaired) electrons. The summed E-state index contributed by atoms with van der Waals surface area (Å²) in [5, 5.41) is 32.8. The number of thioether (sulfide) groups is 1. The van der Waals surface area contributed by atoms with Crippen LogP contribution >= 0.6 is 11.8 Å². The van der Waals surface area contributed by atoms with Crippen LogP contribution in [0.25, 0.3) is 10.9 Å². The van der Waals surface area contributed by atoms with Gasteiger partial charge in [-0.3, -0.25) is 67.3 Å². The molecule has 6 rings (SSSR count). The van der Waals surface area contributed by atoms with Crippen LogP contribution in [-0.4, -0.2) is 229 Å². The van der Waals surface area contributed by atoms with Crippen LogP contribution in [0.4, 0.5) is 0 Å². The number of hydrogen-bond donors (Lipinski definition) is 17. The molecule has 34 nitrogen and oxygen atoms in total. The number of carbonyl (C=O) groups excluding carboxylic acids is 13. The molecule has 2 aliphatic rings. The first-order chi connectivity index (χ1) is 60.3. The molecule has 2 aliphatic heterocycles. The van der Waals surface area contributed by atoms with Crippen molar-refractivity contribution in [2.75, 3.05) is 64.4 Å². The first kappa shape index (κ1) is 103. The number of likely N-dealkylation sites (tertiary alicyclic amines) is 2. The number of hydrogen-bond acceptors (Lipinski definition) is 19. The molecular weight excluding hydrogens is 1620 g/mol. The summed E-state index contributed by atoms with van der Waals surface area (Å²) < 4.78 is 0. The molecule has 0 saturated carbocycles. The van der Waals surface area contributed by atoms with E-state index in [1.807, 2.05) is 30.5 Å². The minimum atomic E-state index is -1.46. The summed E-state index contributed by atoms with van der Waals surface area (Å²) in [7, 11) is 0. The molecule has 3 aromatic carbocycles. The van der Waals surface area contributed by atoms with Crippen LogP contribution in [0.1, 0.15) is 204 Å². The molecule has 13 amide bonds. The Morgan fingerprint density at radius 1 is 0.528 bits per heavy atom. The first-order valence-electron chi connectivity index (χ1n) is 44.7. The van der Waals surface area contributed by atoms with Gasteiger partial charge in [-0.15, -0.1) is 0 Å². The second kappa shape index (κ2) is 58.3. The van der Waals surface area contributed by atoms with Crippen molar-refractivity contribution in [2.24, 2.45) is 44.7 Å². The zero-order chi connectivity index (χ0) is 90.7. The highest BCUT2D eigenvalue weighted by molar-refractivity contribution is 7.98. The molecule has 3 heterocycles. The van der Waals surface area contributed by atoms with Crippen LogP contribution in [0, 0.1) is 5.92 Å².